The SMILES string of the molecule is CCN(CC)S(=O)(=O)c1ccc2nc(-c3ccc(Cl)cc3Cl)cc(C(=O)O)c2c1. The molecular weight excluding hydrogens is 435 g/mol. The number of halogens is 2. The zero-order valence-electron chi connectivity index (χ0n) is 15.7. The van der Waals surface area contributed by atoms with Gasteiger partial charge in [-0.25, -0.2) is 18.2 Å². The van der Waals surface area contributed by atoms with E-state index in [1.165, 1.54) is 28.6 Å². The number of pyridine rings is 1. The largest absolute Gasteiger partial charge is 0.478 e. The van der Waals surface area contributed by atoms with Gasteiger partial charge in [-0.2, -0.15) is 4.31 Å². The van der Waals surface area contributed by atoms with Crippen LogP contribution in [0.25, 0.3) is 22.2 Å². The van der Waals surface area contributed by atoms with Gasteiger partial charge in [-0.1, -0.05) is 37.0 Å². The van der Waals surface area contributed by atoms with Gasteiger partial charge in [0.25, 0.3) is 0 Å². The fourth-order valence-electron chi connectivity index (χ4n) is 3.09. The van der Waals surface area contributed by atoms with Crippen molar-refractivity contribution in [3.8, 4) is 11.3 Å². The second-order valence-corrected chi connectivity index (χ2v) is 9.03. The molecule has 0 atom stereocenters. The number of hydrogen-bond acceptors (Lipinski definition) is 4. The summed E-state index contributed by atoms with van der Waals surface area (Å²) in [6, 6.07) is 10.5. The second-order valence-electron chi connectivity index (χ2n) is 6.25. The number of aromatic carboxylic acids is 1. The topological polar surface area (TPSA) is 87.6 Å². The van der Waals surface area contributed by atoms with E-state index in [2.05, 4.69) is 4.98 Å². The van der Waals surface area contributed by atoms with Crippen molar-refractivity contribution in [1.29, 1.82) is 0 Å². The van der Waals surface area contributed by atoms with Crippen LogP contribution in [0.15, 0.2) is 47.4 Å². The van der Waals surface area contributed by atoms with Crippen molar-refractivity contribution in [3.05, 3.63) is 58.1 Å². The number of hydrogen-bond donors (Lipinski definition) is 1. The highest BCUT2D eigenvalue weighted by Gasteiger charge is 2.23. The monoisotopic (exact) mass is 452 g/mol. The summed E-state index contributed by atoms with van der Waals surface area (Å²) in [5.74, 6) is -1.19. The number of fused-ring (bicyclic) bond motifs is 1. The molecule has 1 aromatic heterocycles. The van der Waals surface area contributed by atoms with Crippen molar-refractivity contribution >= 4 is 50.1 Å². The van der Waals surface area contributed by atoms with Gasteiger partial charge < -0.3 is 5.11 Å². The Morgan fingerprint density at radius 2 is 1.76 bits per heavy atom. The summed E-state index contributed by atoms with van der Waals surface area (Å²) in [5, 5.41) is 10.7. The summed E-state index contributed by atoms with van der Waals surface area (Å²) >= 11 is 12.2. The number of rotatable bonds is 6. The van der Waals surface area contributed by atoms with Crippen molar-refractivity contribution in [2.24, 2.45) is 0 Å². The highest BCUT2D eigenvalue weighted by molar-refractivity contribution is 7.89. The Bertz CT molecular complexity index is 1210. The van der Waals surface area contributed by atoms with E-state index in [1.807, 2.05) is 0 Å². The van der Waals surface area contributed by atoms with Crippen molar-refractivity contribution in [1.82, 2.24) is 9.29 Å². The number of aromatic nitrogens is 1. The van der Waals surface area contributed by atoms with E-state index in [0.29, 0.717) is 39.9 Å². The Kier molecular flexibility index (Phi) is 6.14. The average molecular weight is 453 g/mol. The molecule has 2 aromatic carbocycles. The van der Waals surface area contributed by atoms with Crippen LogP contribution < -0.4 is 0 Å². The highest BCUT2D eigenvalue weighted by atomic mass is 35.5. The fraction of sp³-hybridized carbons (Fsp3) is 0.200. The van der Waals surface area contributed by atoms with Crippen molar-refractivity contribution < 1.29 is 18.3 Å². The van der Waals surface area contributed by atoms with Gasteiger partial charge in [0.15, 0.2) is 0 Å². The molecule has 0 bridgehead atoms. The molecule has 0 saturated heterocycles. The molecular formula is C20H18Cl2N2O4S. The minimum Gasteiger partial charge on any atom is -0.478 e. The molecule has 0 saturated carbocycles. The minimum absolute atomic E-state index is 0.0234. The number of sulfonamides is 1. The normalized spacial score (nSPS) is 11.9. The zero-order valence-corrected chi connectivity index (χ0v) is 18.0. The number of carbonyl (C=O) groups is 1. The molecule has 9 heteroatoms. The zero-order chi connectivity index (χ0) is 21.3. The van der Waals surface area contributed by atoms with Gasteiger partial charge >= 0.3 is 5.97 Å². The van der Waals surface area contributed by atoms with Gasteiger partial charge in [0, 0.05) is 29.1 Å². The molecule has 0 aliphatic rings. The lowest BCUT2D eigenvalue weighted by atomic mass is 10.0. The van der Waals surface area contributed by atoms with Gasteiger partial charge in [0.1, 0.15) is 0 Å². The maximum absolute atomic E-state index is 12.8. The molecule has 0 fully saturated rings. The Hall–Kier alpha value is -2.19. The Labute approximate surface area is 178 Å². The number of carboxylic acids is 1. The van der Waals surface area contributed by atoms with Crippen LogP contribution in [0.4, 0.5) is 0 Å². The molecule has 3 aromatic rings. The standard InChI is InChI=1S/C20H18Cl2N2O4S/c1-3-24(4-2)29(27,28)13-6-8-18-15(10-13)16(20(25)26)11-19(23-18)14-7-5-12(21)9-17(14)22/h5-11H,3-4H2,1-2H3,(H,25,26). The van der Waals surface area contributed by atoms with Crippen molar-refractivity contribution in [3.63, 3.8) is 0 Å². The van der Waals surface area contributed by atoms with E-state index in [1.54, 1.807) is 32.0 Å². The summed E-state index contributed by atoms with van der Waals surface area (Å²) in [5.41, 5.74) is 1.17. The first-order valence-corrected chi connectivity index (χ1v) is 11.0. The van der Waals surface area contributed by atoms with Crippen molar-refractivity contribution in [2.75, 3.05) is 13.1 Å². The molecule has 0 amide bonds. The predicted octanol–water partition coefficient (Wildman–Crippen LogP) is 4.94. The maximum atomic E-state index is 12.8. The number of nitrogens with zero attached hydrogens (tertiary/aromatic N) is 2. The molecule has 1 N–H and O–H groups in total. The molecule has 6 nitrogen and oxygen atoms in total. The Balaban J connectivity index is 2.25. The van der Waals surface area contributed by atoms with E-state index < -0.39 is 16.0 Å². The van der Waals surface area contributed by atoms with Gasteiger partial charge in [-0.3, -0.25) is 0 Å². The van der Waals surface area contributed by atoms with Gasteiger partial charge in [0.05, 0.1) is 26.7 Å². The lowest BCUT2D eigenvalue weighted by molar-refractivity contribution is 0.0699. The van der Waals surface area contributed by atoms with Crippen LogP contribution in [0.1, 0.15) is 24.2 Å². The maximum Gasteiger partial charge on any atom is 0.336 e. The molecule has 1 heterocycles. The molecule has 0 aliphatic heterocycles. The smallest absolute Gasteiger partial charge is 0.336 e. The van der Waals surface area contributed by atoms with E-state index in [-0.39, 0.29) is 15.8 Å². The molecule has 0 radical (unpaired) electrons. The first kappa shape index (κ1) is 21.5. The second kappa shape index (κ2) is 8.28. The third kappa shape index (κ3) is 4.09. The summed E-state index contributed by atoms with van der Waals surface area (Å²) in [6.45, 7) is 4.12. The van der Waals surface area contributed by atoms with Gasteiger partial charge in [-0.05, 0) is 42.5 Å². The number of carboxylic acid groups (broad SMARTS) is 1. The third-order valence-electron chi connectivity index (χ3n) is 4.56. The van der Waals surface area contributed by atoms with Gasteiger partial charge in [0.2, 0.25) is 10.0 Å². The van der Waals surface area contributed by atoms with Crippen LogP contribution in [0.3, 0.4) is 0 Å². The summed E-state index contributed by atoms with van der Waals surface area (Å²) in [7, 11) is -3.73. The molecule has 0 spiro atoms. The van der Waals surface area contributed by atoms with Crippen LogP contribution in [0.2, 0.25) is 10.0 Å². The van der Waals surface area contributed by atoms with Crippen LogP contribution >= 0.6 is 23.2 Å². The van der Waals surface area contributed by atoms with Crippen LogP contribution in [-0.2, 0) is 10.0 Å². The molecule has 0 unspecified atom stereocenters. The first-order valence-electron chi connectivity index (χ1n) is 8.82. The van der Waals surface area contributed by atoms with Crippen molar-refractivity contribution in [2.45, 2.75) is 18.7 Å². The third-order valence-corrected chi connectivity index (χ3v) is 7.15. The number of benzene rings is 2. The van der Waals surface area contributed by atoms with Crippen LogP contribution in [0.5, 0.6) is 0 Å². The average Bonchev–Trinajstić information content (AvgIpc) is 2.67. The summed E-state index contributed by atoms with van der Waals surface area (Å²) < 4.78 is 26.9. The predicted molar refractivity (Wildman–Crippen MR) is 114 cm³/mol. The van der Waals surface area contributed by atoms with Crippen LogP contribution in [-0.4, -0.2) is 41.9 Å². The van der Waals surface area contributed by atoms with E-state index >= 15 is 0 Å². The lowest BCUT2D eigenvalue weighted by Gasteiger charge is -2.19. The van der Waals surface area contributed by atoms with E-state index in [4.69, 9.17) is 23.2 Å². The molecule has 0 aliphatic carbocycles. The Morgan fingerprint density at radius 3 is 2.34 bits per heavy atom. The van der Waals surface area contributed by atoms with Crippen LogP contribution in [0, 0.1) is 0 Å². The first-order chi connectivity index (χ1) is 13.7. The van der Waals surface area contributed by atoms with E-state index in [0.717, 1.165) is 0 Å². The quantitative estimate of drug-likeness (QED) is 0.572. The molecule has 29 heavy (non-hydrogen) atoms. The molecule has 152 valence electrons. The van der Waals surface area contributed by atoms with Gasteiger partial charge in [-0.15, -0.1) is 0 Å². The highest BCUT2D eigenvalue weighted by Crippen LogP contribution is 2.32. The summed E-state index contributed by atoms with van der Waals surface area (Å²) in [4.78, 5) is 16.4. The minimum atomic E-state index is -3.73. The lowest BCUT2D eigenvalue weighted by Crippen LogP contribution is -2.30. The Morgan fingerprint density at radius 1 is 1.07 bits per heavy atom. The fourth-order valence-corrected chi connectivity index (χ4v) is 5.08. The van der Waals surface area contributed by atoms with E-state index in [9.17, 15) is 18.3 Å². The molecule has 3 rings (SSSR count). The summed E-state index contributed by atoms with van der Waals surface area (Å²) in [6.07, 6.45) is 0.